The quantitative estimate of drug-likeness (QED) is 0.788. The fourth-order valence-electron chi connectivity index (χ4n) is 2.29. The molecule has 19 heavy (non-hydrogen) atoms. The van der Waals surface area contributed by atoms with Gasteiger partial charge in [0.05, 0.1) is 12.6 Å². The number of aromatic nitrogens is 1. The van der Waals surface area contributed by atoms with E-state index in [0.717, 1.165) is 30.6 Å². The molecule has 106 valence electrons. The smallest absolute Gasteiger partial charge is 0.358 e. The fourth-order valence-corrected chi connectivity index (χ4v) is 5.31. The molecule has 1 unspecified atom stereocenters. The maximum Gasteiger partial charge on any atom is 0.358 e. The zero-order valence-electron chi connectivity index (χ0n) is 10.8. The van der Waals surface area contributed by atoms with E-state index in [9.17, 15) is 13.2 Å². The average molecular weight is 304 g/mol. The van der Waals surface area contributed by atoms with E-state index in [1.807, 2.05) is 6.92 Å². The third-order valence-electron chi connectivity index (χ3n) is 3.25. The first-order valence-corrected chi connectivity index (χ1v) is 8.38. The van der Waals surface area contributed by atoms with Gasteiger partial charge in [-0.25, -0.2) is 18.2 Å². The summed E-state index contributed by atoms with van der Waals surface area (Å²) in [6.45, 7) is 2.46. The highest BCUT2D eigenvalue weighted by molar-refractivity contribution is 7.91. The van der Waals surface area contributed by atoms with Crippen LogP contribution in [0.3, 0.4) is 0 Å². The third-order valence-corrected chi connectivity index (χ3v) is 6.55. The summed E-state index contributed by atoms with van der Waals surface area (Å²) in [4.78, 5) is 15.4. The van der Waals surface area contributed by atoms with Gasteiger partial charge in [0.15, 0.2) is 9.90 Å². The van der Waals surface area contributed by atoms with E-state index in [0.29, 0.717) is 6.54 Å². The van der Waals surface area contributed by atoms with E-state index in [2.05, 4.69) is 9.72 Å². The lowest BCUT2D eigenvalue weighted by Crippen LogP contribution is -2.35. The maximum absolute atomic E-state index is 12.6. The second-order valence-corrected chi connectivity index (χ2v) is 7.24. The molecule has 8 heteroatoms. The Morgan fingerprint density at radius 2 is 2.37 bits per heavy atom. The molecular weight excluding hydrogens is 288 g/mol. The topological polar surface area (TPSA) is 76.6 Å². The van der Waals surface area contributed by atoms with E-state index in [-0.39, 0.29) is 15.9 Å². The number of hydrogen-bond donors (Lipinski definition) is 0. The van der Waals surface area contributed by atoms with Crippen LogP contribution in [0.25, 0.3) is 0 Å². The van der Waals surface area contributed by atoms with Crippen LogP contribution in [0.2, 0.25) is 0 Å². The van der Waals surface area contributed by atoms with Gasteiger partial charge in [-0.3, -0.25) is 0 Å². The predicted octanol–water partition coefficient (Wildman–Crippen LogP) is 1.49. The number of methoxy groups -OCH3 is 1. The molecule has 1 aliphatic heterocycles. The van der Waals surface area contributed by atoms with Crippen molar-refractivity contribution in [3.63, 3.8) is 0 Å². The highest BCUT2D eigenvalue weighted by atomic mass is 32.2. The van der Waals surface area contributed by atoms with Gasteiger partial charge in [0.2, 0.25) is 0 Å². The SMILES string of the molecule is CCC1CCCN1S(=O)(=O)c1scnc1C(=O)OC. The summed E-state index contributed by atoms with van der Waals surface area (Å²) < 4.78 is 31.2. The predicted molar refractivity (Wildman–Crippen MR) is 70.7 cm³/mol. The molecule has 2 rings (SSSR count). The Morgan fingerprint density at radius 1 is 1.63 bits per heavy atom. The normalized spacial score (nSPS) is 20.6. The van der Waals surface area contributed by atoms with Crippen LogP contribution in [-0.4, -0.2) is 43.4 Å². The Labute approximate surface area is 116 Å². The number of rotatable bonds is 4. The minimum atomic E-state index is -3.65. The number of carbonyl (C=O) groups is 1. The minimum Gasteiger partial charge on any atom is -0.464 e. The van der Waals surface area contributed by atoms with Crippen LogP contribution in [-0.2, 0) is 14.8 Å². The lowest BCUT2D eigenvalue weighted by Gasteiger charge is -2.22. The molecule has 1 aliphatic rings. The molecule has 6 nitrogen and oxygen atoms in total. The first-order valence-electron chi connectivity index (χ1n) is 6.06. The van der Waals surface area contributed by atoms with Gasteiger partial charge in [0, 0.05) is 12.6 Å². The van der Waals surface area contributed by atoms with Crippen LogP contribution in [0, 0.1) is 0 Å². The zero-order valence-corrected chi connectivity index (χ0v) is 12.5. The highest BCUT2D eigenvalue weighted by Crippen LogP contribution is 2.31. The van der Waals surface area contributed by atoms with Crippen LogP contribution in [0.4, 0.5) is 0 Å². The van der Waals surface area contributed by atoms with E-state index in [1.165, 1.54) is 16.9 Å². The number of sulfonamides is 1. The third kappa shape index (κ3) is 2.52. The number of esters is 1. The molecule has 0 amide bonds. The van der Waals surface area contributed by atoms with Crippen molar-refractivity contribution in [1.29, 1.82) is 0 Å². The van der Waals surface area contributed by atoms with E-state index >= 15 is 0 Å². The van der Waals surface area contributed by atoms with Crippen LogP contribution in [0.15, 0.2) is 9.72 Å². The molecule has 0 bridgehead atoms. The van der Waals surface area contributed by atoms with Crippen molar-refractivity contribution in [1.82, 2.24) is 9.29 Å². The van der Waals surface area contributed by atoms with Gasteiger partial charge in [-0.05, 0) is 19.3 Å². The summed E-state index contributed by atoms with van der Waals surface area (Å²) in [7, 11) is -2.44. The zero-order chi connectivity index (χ0) is 14.0. The molecule has 1 aromatic rings. The van der Waals surface area contributed by atoms with Crippen molar-refractivity contribution in [3.8, 4) is 0 Å². The molecule has 1 aromatic heterocycles. The van der Waals surface area contributed by atoms with Crippen LogP contribution >= 0.6 is 11.3 Å². The van der Waals surface area contributed by atoms with Gasteiger partial charge in [0.1, 0.15) is 0 Å². The Balaban J connectivity index is 2.40. The highest BCUT2D eigenvalue weighted by Gasteiger charge is 2.38. The summed E-state index contributed by atoms with van der Waals surface area (Å²) in [5, 5.41) is 0. The van der Waals surface area contributed by atoms with E-state index in [4.69, 9.17) is 0 Å². The summed E-state index contributed by atoms with van der Waals surface area (Å²) in [6, 6.07) is 0.0117. The molecule has 0 radical (unpaired) electrons. The van der Waals surface area contributed by atoms with E-state index < -0.39 is 16.0 Å². The Hall–Kier alpha value is -0.990. The fraction of sp³-hybridized carbons (Fsp3) is 0.636. The summed E-state index contributed by atoms with van der Waals surface area (Å²) in [5.41, 5.74) is 1.24. The first-order chi connectivity index (χ1) is 9.02. The van der Waals surface area contributed by atoms with Crippen LogP contribution in [0.5, 0.6) is 0 Å². The maximum atomic E-state index is 12.6. The van der Waals surface area contributed by atoms with Crippen molar-refractivity contribution < 1.29 is 17.9 Å². The van der Waals surface area contributed by atoms with Gasteiger partial charge in [-0.2, -0.15) is 4.31 Å². The molecule has 0 spiro atoms. The number of nitrogens with zero attached hydrogens (tertiary/aromatic N) is 2. The lowest BCUT2D eigenvalue weighted by atomic mass is 10.2. The van der Waals surface area contributed by atoms with Crippen LogP contribution in [0.1, 0.15) is 36.7 Å². The summed E-state index contributed by atoms with van der Waals surface area (Å²) in [6.07, 6.45) is 2.48. The van der Waals surface area contributed by atoms with Gasteiger partial charge < -0.3 is 4.74 Å². The van der Waals surface area contributed by atoms with Crippen molar-refractivity contribution in [2.45, 2.75) is 36.4 Å². The molecule has 2 heterocycles. The van der Waals surface area contributed by atoms with Gasteiger partial charge in [-0.1, -0.05) is 6.92 Å². The molecule has 0 aromatic carbocycles. The molecule has 0 N–H and O–H groups in total. The number of ether oxygens (including phenoxy) is 1. The van der Waals surface area contributed by atoms with Crippen molar-refractivity contribution in [2.75, 3.05) is 13.7 Å². The minimum absolute atomic E-state index is 0.0117. The Bertz CT molecular complexity index is 567. The molecule has 0 saturated carbocycles. The average Bonchev–Trinajstić information content (AvgIpc) is 3.06. The van der Waals surface area contributed by atoms with Crippen LogP contribution < -0.4 is 0 Å². The Morgan fingerprint density at radius 3 is 3.00 bits per heavy atom. The summed E-state index contributed by atoms with van der Waals surface area (Å²) >= 11 is 0.958. The van der Waals surface area contributed by atoms with Crippen molar-refractivity contribution in [3.05, 3.63) is 11.2 Å². The second-order valence-electron chi connectivity index (χ2n) is 4.30. The largest absolute Gasteiger partial charge is 0.464 e. The molecular formula is C11H16N2O4S2. The molecule has 0 aliphatic carbocycles. The van der Waals surface area contributed by atoms with Gasteiger partial charge in [-0.15, -0.1) is 11.3 Å². The number of hydrogen-bond acceptors (Lipinski definition) is 6. The Kier molecular flexibility index (Phi) is 4.22. The molecule has 1 atom stereocenters. The second kappa shape index (κ2) is 5.56. The standard InChI is InChI=1S/C11H16N2O4S2/c1-3-8-5-4-6-13(8)19(15,16)11-9(10(14)17-2)12-7-18-11/h7-8H,3-6H2,1-2H3. The number of carbonyl (C=O) groups excluding carboxylic acids is 1. The summed E-state index contributed by atoms with van der Waals surface area (Å²) in [5.74, 6) is -0.716. The lowest BCUT2D eigenvalue weighted by molar-refractivity contribution is 0.0590. The van der Waals surface area contributed by atoms with Crippen molar-refractivity contribution >= 4 is 27.3 Å². The van der Waals surface area contributed by atoms with Gasteiger partial charge >= 0.3 is 5.97 Å². The van der Waals surface area contributed by atoms with Crippen molar-refractivity contribution in [2.24, 2.45) is 0 Å². The van der Waals surface area contributed by atoms with Gasteiger partial charge in [0.25, 0.3) is 10.0 Å². The van der Waals surface area contributed by atoms with E-state index in [1.54, 1.807) is 0 Å². The molecule has 1 saturated heterocycles. The monoisotopic (exact) mass is 304 g/mol. The first kappa shape index (κ1) is 14.4. The number of thiazole rings is 1. The molecule has 1 fully saturated rings.